The number of carbonyl (C=O) groups excluding carboxylic acids is 2. The molecule has 0 aromatic rings. The molecular formula is C9H17N3O3. The van der Waals surface area contributed by atoms with Crippen molar-refractivity contribution in [1.82, 2.24) is 15.5 Å². The van der Waals surface area contributed by atoms with Gasteiger partial charge in [-0.2, -0.15) is 0 Å². The molecule has 1 heterocycles. The minimum Gasteiger partial charge on any atom is -0.395 e. The van der Waals surface area contributed by atoms with Crippen molar-refractivity contribution in [3.63, 3.8) is 0 Å². The SMILES string of the molecule is CN1CCNC(CC(=O)NCCO)C1=O. The van der Waals surface area contributed by atoms with Crippen LogP contribution in [0.15, 0.2) is 0 Å². The molecule has 3 N–H and O–H groups in total. The van der Waals surface area contributed by atoms with Crippen LogP contribution in [0.5, 0.6) is 0 Å². The third-order valence-electron chi connectivity index (χ3n) is 2.34. The topological polar surface area (TPSA) is 81.7 Å². The Morgan fingerprint density at radius 1 is 1.73 bits per heavy atom. The van der Waals surface area contributed by atoms with E-state index in [-0.39, 0.29) is 31.4 Å². The van der Waals surface area contributed by atoms with Gasteiger partial charge in [0, 0.05) is 26.7 Å². The van der Waals surface area contributed by atoms with Crippen LogP contribution in [0.1, 0.15) is 6.42 Å². The van der Waals surface area contributed by atoms with E-state index in [4.69, 9.17) is 5.11 Å². The van der Waals surface area contributed by atoms with Gasteiger partial charge < -0.3 is 20.6 Å². The summed E-state index contributed by atoms with van der Waals surface area (Å²) in [5.41, 5.74) is 0. The third kappa shape index (κ3) is 3.49. The van der Waals surface area contributed by atoms with Crippen LogP contribution in [0.4, 0.5) is 0 Å². The third-order valence-corrected chi connectivity index (χ3v) is 2.34. The molecule has 0 aromatic carbocycles. The smallest absolute Gasteiger partial charge is 0.240 e. The Kier molecular flexibility index (Phi) is 4.51. The predicted molar refractivity (Wildman–Crippen MR) is 54.1 cm³/mol. The number of aliphatic hydroxyl groups is 1. The fourth-order valence-corrected chi connectivity index (χ4v) is 1.48. The summed E-state index contributed by atoms with van der Waals surface area (Å²) in [4.78, 5) is 24.5. The number of aliphatic hydroxyl groups excluding tert-OH is 1. The van der Waals surface area contributed by atoms with Crippen LogP contribution < -0.4 is 10.6 Å². The first kappa shape index (κ1) is 11.9. The second kappa shape index (κ2) is 5.67. The van der Waals surface area contributed by atoms with Crippen LogP contribution >= 0.6 is 0 Å². The van der Waals surface area contributed by atoms with Crippen molar-refractivity contribution < 1.29 is 14.7 Å². The fraction of sp³-hybridized carbons (Fsp3) is 0.778. The van der Waals surface area contributed by atoms with Crippen molar-refractivity contribution in [2.24, 2.45) is 0 Å². The van der Waals surface area contributed by atoms with E-state index >= 15 is 0 Å². The number of amides is 2. The monoisotopic (exact) mass is 215 g/mol. The minimum atomic E-state index is -0.428. The van der Waals surface area contributed by atoms with Gasteiger partial charge in [0.1, 0.15) is 0 Å². The Bertz CT molecular complexity index is 245. The molecule has 15 heavy (non-hydrogen) atoms. The lowest BCUT2D eigenvalue weighted by atomic mass is 10.1. The van der Waals surface area contributed by atoms with E-state index < -0.39 is 6.04 Å². The number of rotatable bonds is 4. The molecule has 0 aromatic heterocycles. The van der Waals surface area contributed by atoms with Crippen LogP contribution in [0.3, 0.4) is 0 Å². The fourth-order valence-electron chi connectivity index (χ4n) is 1.48. The normalized spacial score (nSPS) is 21.6. The molecule has 1 fully saturated rings. The highest BCUT2D eigenvalue weighted by atomic mass is 16.3. The van der Waals surface area contributed by atoms with Gasteiger partial charge in [0.2, 0.25) is 11.8 Å². The van der Waals surface area contributed by atoms with Crippen molar-refractivity contribution in [2.45, 2.75) is 12.5 Å². The van der Waals surface area contributed by atoms with Gasteiger partial charge in [-0.15, -0.1) is 0 Å². The molecule has 6 heteroatoms. The maximum Gasteiger partial charge on any atom is 0.240 e. The quantitative estimate of drug-likeness (QED) is 0.502. The number of hydrogen-bond donors (Lipinski definition) is 3. The molecule has 0 spiro atoms. The highest BCUT2D eigenvalue weighted by Gasteiger charge is 2.27. The molecule has 0 radical (unpaired) electrons. The number of carbonyl (C=O) groups is 2. The molecular weight excluding hydrogens is 198 g/mol. The van der Waals surface area contributed by atoms with E-state index in [1.165, 1.54) is 0 Å². The zero-order chi connectivity index (χ0) is 11.3. The number of piperazine rings is 1. The van der Waals surface area contributed by atoms with Gasteiger partial charge in [0.05, 0.1) is 19.1 Å². The largest absolute Gasteiger partial charge is 0.395 e. The highest BCUT2D eigenvalue weighted by molar-refractivity contribution is 5.88. The van der Waals surface area contributed by atoms with Gasteiger partial charge in [-0.3, -0.25) is 9.59 Å². The second-order valence-electron chi connectivity index (χ2n) is 3.54. The molecule has 1 unspecified atom stereocenters. The first-order chi connectivity index (χ1) is 7.15. The maximum absolute atomic E-state index is 11.6. The van der Waals surface area contributed by atoms with E-state index in [0.29, 0.717) is 13.1 Å². The number of nitrogens with one attached hydrogen (secondary N) is 2. The molecule has 0 aliphatic carbocycles. The summed E-state index contributed by atoms with van der Waals surface area (Å²) < 4.78 is 0. The van der Waals surface area contributed by atoms with Crippen molar-refractivity contribution in [1.29, 1.82) is 0 Å². The Balaban J connectivity index is 2.36. The molecule has 86 valence electrons. The van der Waals surface area contributed by atoms with Crippen LogP contribution in [0.2, 0.25) is 0 Å². The zero-order valence-corrected chi connectivity index (χ0v) is 8.82. The van der Waals surface area contributed by atoms with Crippen LogP contribution in [-0.4, -0.2) is 61.2 Å². The standard InChI is InChI=1S/C9H17N3O3/c1-12-4-2-10-7(9(12)15)6-8(14)11-3-5-13/h7,10,13H,2-6H2,1H3,(H,11,14). The van der Waals surface area contributed by atoms with Gasteiger partial charge in [0.15, 0.2) is 0 Å². The molecule has 1 saturated heterocycles. The summed E-state index contributed by atoms with van der Waals surface area (Å²) in [6, 6.07) is -0.428. The lowest BCUT2D eigenvalue weighted by molar-refractivity contribution is -0.136. The molecule has 1 rings (SSSR count). The molecule has 2 amide bonds. The van der Waals surface area contributed by atoms with Crippen molar-refractivity contribution in [3.8, 4) is 0 Å². The summed E-state index contributed by atoms with van der Waals surface area (Å²) in [6.45, 7) is 1.53. The van der Waals surface area contributed by atoms with Gasteiger partial charge >= 0.3 is 0 Å². The summed E-state index contributed by atoms with van der Waals surface area (Å²) in [5, 5.41) is 14.0. The maximum atomic E-state index is 11.6. The summed E-state index contributed by atoms with van der Waals surface area (Å²) in [7, 11) is 1.72. The number of nitrogens with zero attached hydrogens (tertiary/aromatic N) is 1. The van der Waals surface area contributed by atoms with Gasteiger partial charge in [-0.25, -0.2) is 0 Å². The average molecular weight is 215 g/mol. The van der Waals surface area contributed by atoms with Crippen molar-refractivity contribution >= 4 is 11.8 Å². The lowest BCUT2D eigenvalue weighted by Crippen LogP contribution is -2.54. The van der Waals surface area contributed by atoms with Gasteiger partial charge in [0.25, 0.3) is 0 Å². The Morgan fingerprint density at radius 3 is 3.13 bits per heavy atom. The van der Waals surface area contributed by atoms with Gasteiger partial charge in [-0.1, -0.05) is 0 Å². The molecule has 1 aliphatic heterocycles. The molecule has 0 saturated carbocycles. The van der Waals surface area contributed by atoms with E-state index in [1.54, 1.807) is 11.9 Å². The van der Waals surface area contributed by atoms with Crippen LogP contribution in [0, 0.1) is 0 Å². The van der Waals surface area contributed by atoms with E-state index in [2.05, 4.69) is 10.6 Å². The van der Waals surface area contributed by atoms with E-state index in [1.807, 2.05) is 0 Å². The molecule has 6 nitrogen and oxygen atoms in total. The lowest BCUT2D eigenvalue weighted by Gasteiger charge is -2.29. The first-order valence-electron chi connectivity index (χ1n) is 5.01. The summed E-state index contributed by atoms with van der Waals surface area (Å²) >= 11 is 0. The van der Waals surface area contributed by atoms with Crippen LogP contribution in [0.25, 0.3) is 0 Å². The second-order valence-corrected chi connectivity index (χ2v) is 3.54. The Labute approximate surface area is 88.6 Å². The molecule has 1 aliphatic rings. The summed E-state index contributed by atoms with van der Waals surface area (Å²) in [6.07, 6.45) is 0.128. The summed E-state index contributed by atoms with van der Waals surface area (Å²) in [5.74, 6) is -0.273. The average Bonchev–Trinajstić information content (AvgIpc) is 2.22. The van der Waals surface area contributed by atoms with E-state index in [0.717, 1.165) is 0 Å². The van der Waals surface area contributed by atoms with Gasteiger partial charge in [-0.05, 0) is 0 Å². The Morgan fingerprint density at radius 2 is 2.47 bits per heavy atom. The Hall–Kier alpha value is -1.14. The van der Waals surface area contributed by atoms with Crippen molar-refractivity contribution in [2.75, 3.05) is 33.3 Å². The minimum absolute atomic E-state index is 0.0552. The highest BCUT2D eigenvalue weighted by Crippen LogP contribution is 2.02. The number of hydrogen-bond acceptors (Lipinski definition) is 4. The van der Waals surface area contributed by atoms with E-state index in [9.17, 15) is 9.59 Å². The number of likely N-dealkylation sites (N-methyl/N-ethyl adjacent to an activating group) is 1. The first-order valence-corrected chi connectivity index (χ1v) is 5.01. The zero-order valence-electron chi connectivity index (χ0n) is 8.82. The molecule has 0 bridgehead atoms. The predicted octanol–water partition coefficient (Wildman–Crippen LogP) is -2.08. The van der Waals surface area contributed by atoms with Crippen LogP contribution in [-0.2, 0) is 9.59 Å². The van der Waals surface area contributed by atoms with Crippen molar-refractivity contribution in [3.05, 3.63) is 0 Å². The molecule has 1 atom stereocenters.